The van der Waals surface area contributed by atoms with Crippen LogP contribution in [0.4, 0.5) is 0 Å². The van der Waals surface area contributed by atoms with E-state index >= 15 is 0 Å². The second kappa shape index (κ2) is 4.76. The van der Waals surface area contributed by atoms with E-state index in [2.05, 4.69) is 19.2 Å². The normalized spacial score (nSPS) is 27.0. The molecule has 0 aliphatic carbocycles. The second-order valence-corrected chi connectivity index (χ2v) is 4.20. The summed E-state index contributed by atoms with van der Waals surface area (Å²) in [6.45, 7) is 7.16. The Kier molecular flexibility index (Phi) is 3.92. The Labute approximate surface area is 70.6 Å². The molecule has 0 bridgehead atoms. The van der Waals surface area contributed by atoms with Crippen LogP contribution in [0, 0.1) is 11.8 Å². The fourth-order valence-electron chi connectivity index (χ4n) is 1.96. The molecule has 1 N–H and O–H groups in total. The predicted octanol–water partition coefficient (Wildman–Crippen LogP) is 2.42. The quantitative estimate of drug-likeness (QED) is 0.646. The zero-order chi connectivity index (χ0) is 8.10. The third-order valence-electron chi connectivity index (χ3n) is 2.45. The van der Waals surface area contributed by atoms with E-state index in [1.165, 1.54) is 38.8 Å². The molecule has 0 saturated carbocycles. The van der Waals surface area contributed by atoms with Crippen molar-refractivity contribution in [2.24, 2.45) is 11.8 Å². The van der Waals surface area contributed by atoms with Crippen LogP contribution in [0.5, 0.6) is 0 Å². The lowest BCUT2D eigenvalue weighted by Gasteiger charge is -2.15. The molecule has 1 atom stereocenters. The molecule has 0 aromatic rings. The zero-order valence-electron chi connectivity index (χ0n) is 7.90. The molecule has 0 radical (unpaired) electrons. The first-order valence-electron chi connectivity index (χ1n) is 4.99. The molecule has 0 aromatic carbocycles. The summed E-state index contributed by atoms with van der Waals surface area (Å²) in [7, 11) is 0. The topological polar surface area (TPSA) is 12.0 Å². The van der Waals surface area contributed by atoms with Gasteiger partial charge in [-0.15, -0.1) is 0 Å². The summed E-state index contributed by atoms with van der Waals surface area (Å²) in [5, 5.41) is 3.50. The Morgan fingerprint density at radius 2 is 2.18 bits per heavy atom. The van der Waals surface area contributed by atoms with Crippen LogP contribution in [0.3, 0.4) is 0 Å². The van der Waals surface area contributed by atoms with Gasteiger partial charge in [-0.25, -0.2) is 0 Å². The van der Waals surface area contributed by atoms with Crippen molar-refractivity contribution in [3.8, 4) is 0 Å². The highest BCUT2D eigenvalue weighted by Crippen LogP contribution is 2.18. The van der Waals surface area contributed by atoms with E-state index in [1.54, 1.807) is 0 Å². The lowest BCUT2D eigenvalue weighted by atomic mass is 9.93. The van der Waals surface area contributed by atoms with Crippen molar-refractivity contribution in [3.05, 3.63) is 0 Å². The van der Waals surface area contributed by atoms with Crippen molar-refractivity contribution in [1.82, 2.24) is 5.32 Å². The fourth-order valence-corrected chi connectivity index (χ4v) is 1.96. The van der Waals surface area contributed by atoms with Crippen molar-refractivity contribution in [3.63, 3.8) is 0 Å². The van der Waals surface area contributed by atoms with Crippen molar-refractivity contribution in [2.45, 2.75) is 39.5 Å². The summed E-state index contributed by atoms with van der Waals surface area (Å²) in [4.78, 5) is 0. The Morgan fingerprint density at radius 1 is 1.36 bits per heavy atom. The van der Waals surface area contributed by atoms with Gasteiger partial charge in [0.15, 0.2) is 0 Å². The van der Waals surface area contributed by atoms with Gasteiger partial charge >= 0.3 is 0 Å². The molecular weight excluding hydrogens is 134 g/mol. The van der Waals surface area contributed by atoms with Gasteiger partial charge < -0.3 is 5.32 Å². The Hall–Kier alpha value is -0.0400. The molecule has 1 fully saturated rings. The molecular formula is C10H21N. The summed E-state index contributed by atoms with van der Waals surface area (Å²) in [5.74, 6) is 1.83. The van der Waals surface area contributed by atoms with Gasteiger partial charge in [-0.1, -0.05) is 20.3 Å². The first-order valence-corrected chi connectivity index (χ1v) is 4.99. The highest BCUT2D eigenvalue weighted by molar-refractivity contribution is 4.68. The molecule has 66 valence electrons. The maximum Gasteiger partial charge on any atom is -0.00204 e. The average molecular weight is 155 g/mol. The van der Waals surface area contributed by atoms with Crippen molar-refractivity contribution in [2.75, 3.05) is 13.1 Å². The van der Waals surface area contributed by atoms with E-state index in [1.807, 2.05) is 0 Å². The van der Waals surface area contributed by atoms with E-state index < -0.39 is 0 Å². The Bertz CT molecular complexity index is 91.0. The van der Waals surface area contributed by atoms with Crippen LogP contribution in [0.15, 0.2) is 0 Å². The maximum atomic E-state index is 3.50. The van der Waals surface area contributed by atoms with Gasteiger partial charge in [-0.2, -0.15) is 0 Å². The van der Waals surface area contributed by atoms with Gasteiger partial charge in [0, 0.05) is 0 Å². The van der Waals surface area contributed by atoms with Crippen LogP contribution in [0.25, 0.3) is 0 Å². The SMILES string of the molecule is CC(C)CC1CCCCNC1. The van der Waals surface area contributed by atoms with Crippen molar-refractivity contribution >= 4 is 0 Å². The van der Waals surface area contributed by atoms with Gasteiger partial charge in [0.2, 0.25) is 0 Å². The van der Waals surface area contributed by atoms with Gasteiger partial charge in [-0.3, -0.25) is 0 Å². The monoisotopic (exact) mass is 155 g/mol. The molecule has 1 unspecified atom stereocenters. The highest BCUT2D eigenvalue weighted by Gasteiger charge is 2.12. The number of rotatable bonds is 2. The Morgan fingerprint density at radius 3 is 2.91 bits per heavy atom. The lowest BCUT2D eigenvalue weighted by molar-refractivity contribution is 0.384. The van der Waals surface area contributed by atoms with Gasteiger partial charge in [0.25, 0.3) is 0 Å². The minimum absolute atomic E-state index is 0.875. The largest absolute Gasteiger partial charge is 0.316 e. The van der Waals surface area contributed by atoms with E-state index in [4.69, 9.17) is 0 Å². The second-order valence-electron chi connectivity index (χ2n) is 4.20. The van der Waals surface area contributed by atoms with E-state index in [0.717, 1.165) is 11.8 Å². The van der Waals surface area contributed by atoms with Gasteiger partial charge in [-0.05, 0) is 44.2 Å². The van der Waals surface area contributed by atoms with Crippen LogP contribution < -0.4 is 5.32 Å². The molecule has 1 saturated heterocycles. The van der Waals surface area contributed by atoms with E-state index in [9.17, 15) is 0 Å². The smallest absolute Gasteiger partial charge is 0.00204 e. The lowest BCUT2D eigenvalue weighted by Crippen LogP contribution is -2.21. The van der Waals surface area contributed by atoms with E-state index in [0.29, 0.717) is 0 Å². The summed E-state index contributed by atoms with van der Waals surface area (Å²) >= 11 is 0. The van der Waals surface area contributed by atoms with Crippen LogP contribution in [-0.2, 0) is 0 Å². The molecule has 1 heterocycles. The van der Waals surface area contributed by atoms with Crippen molar-refractivity contribution < 1.29 is 0 Å². The predicted molar refractivity (Wildman–Crippen MR) is 49.7 cm³/mol. The summed E-state index contributed by atoms with van der Waals surface area (Å²) < 4.78 is 0. The molecule has 0 aromatic heterocycles. The first-order chi connectivity index (χ1) is 5.29. The van der Waals surface area contributed by atoms with Crippen LogP contribution in [-0.4, -0.2) is 13.1 Å². The molecule has 1 aliphatic heterocycles. The Balaban J connectivity index is 2.20. The number of hydrogen-bond acceptors (Lipinski definition) is 1. The fraction of sp³-hybridized carbons (Fsp3) is 1.00. The summed E-state index contributed by atoms with van der Waals surface area (Å²) in [6.07, 6.45) is 5.68. The molecule has 1 rings (SSSR count). The van der Waals surface area contributed by atoms with Gasteiger partial charge in [0.1, 0.15) is 0 Å². The number of nitrogens with one attached hydrogen (secondary N) is 1. The van der Waals surface area contributed by atoms with Gasteiger partial charge in [0.05, 0.1) is 0 Å². The highest BCUT2D eigenvalue weighted by atomic mass is 14.9. The maximum absolute atomic E-state index is 3.50. The molecule has 1 nitrogen and oxygen atoms in total. The average Bonchev–Trinajstić information content (AvgIpc) is 2.14. The van der Waals surface area contributed by atoms with Crippen LogP contribution >= 0.6 is 0 Å². The molecule has 0 amide bonds. The van der Waals surface area contributed by atoms with E-state index in [-0.39, 0.29) is 0 Å². The first kappa shape index (κ1) is 9.05. The zero-order valence-corrected chi connectivity index (χ0v) is 7.90. The van der Waals surface area contributed by atoms with Crippen molar-refractivity contribution in [1.29, 1.82) is 0 Å². The minimum Gasteiger partial charge on any atom is -0.316 e. The summed E-state index contributed by atoms with van der Waals surface area (Å²) in [5.41, 5.74) is 0. The third-order valence-corrected chi connectivity index (χ3v) is 2.45. The third kappa shape index (κ3) is 3.76. The molecule has 1 heteroatoms. The molecule has 0 spiro atoms. The summed E-state index contributed by atoms with van der Waals surface area (Å²) in [6, 6.07) is 0. The standard InChI is InChI=1S/C10H21N/c1-9(2)7-10-5-3-4-6-11-8-10/h9-11H,3-8H2,1-2H3. The van der Waals surface area contributed by atoms with Crippen LogP contribution in [0.2, 0.25) is 0 Å². The molecule has 1 aliphatic rings. The minimum atomic E-state index is 0.875. The molecule has 11 heavy (non-hydrogen) atoms. The van der Waals surface area contributed by atoms with Crippen LogP contribution in [0.1, 0.15) is 39.5 Å². The number of hydrogen-bond donors (Lipinski definition) is 1.